The second-order valence-corrected chi connectivity index (χ2v) is 4.40. The Morgan fingerprint density at radius 2 is 1.83 bits per heavy atom. The first kappa shape index (κ1) is 8.52. The summed E-state index contributed by atoms with van der Waals surface area (Å²) in [6.07, 6.45) is 7.49. The lowest BCUT2D eigenvalue weighted by molar-refractivity contribution is 0.0630. The molecular weight excluding hydrogens is 150 g/mol. The molecule has 1 aliphatic heterocycles. The minimum atomic E-state index is 0.282. The van der Waals surface area contributed by atoms with Crippen LogP contribution in [0, 0.1) is 11.1 Å². The highest BCUT2D eigenvalue weighted by Crippen LogP contribution is 2.36. The molecule has 0 N–H and O–H groups in total. The second-order valence-electron chi connectivity index (χ2n) is 4.40. The van der Waals surface area contributed by atoms with Gasteiger partial charge in [-0.05, 0) is 37.6 Å². The maximum atomic E-state index is 11.7. The molecule has 12 heavy (non-hydrogen) atoms. The van der Waals surface area contributed by atoms with Crippen LogP contribution in [0.1, 0.15) is 45.4 Å². The molecule has 1 saturated heterocycles. The third kappa shape index (κ3) is 1.38. The summed E-state index contributed by atoms with van der Waals surface area (Å²) < 4.78 is 0. The zero-order chi connectivity index (χ0) is 8.55. The highest BCUT2D eigenvalue weighted by Gasteiger charge is 2.31. The van der Waals surface area contributed by atoms with Crippen molar-refractivity contribution in [1.82, 2.24) is 5.06 Å². The standard InChI is InChI=1S/C10H18NO/c1-8-6-7-9-4-2-3-5-10(9)11(8)12/h8-10H,2-7H2,1H3/q-1. The number of hydroxylamine groups is 2. The molecule has 2 aliphatic rings. The van der Waals surface area contributed by atoms with E-state index in [0.717, 1.165) is 18.8 Å². The molecule has 0 amide bonds. The fraction of sp³-hybridized carbons (Fsp3) is 1.00. The van der Waals surface area contributed by atoms with E-state index in [1.165, 1.54) is 30.7 Å². The minimum absolute atomic E-state index is 0.282. The molecule has 2 rings (SSSR count). The van der Waals surface area contributed by atoms with Crippen LogP contribution in [0.15, 0.2) is 0 Å². The van der Waals surface area contributed by atoms with Gasteiger partial charge in [-0.25, -0.2) is 0 Å². The number of nitrogens with zero attached hydrogens (tertiary/aromatic N) is 1. The number of piperidine rings is 1. The summed E-state index contributed by atoms with van der Waals surface area (Å²) >= 11 is 0. The van der Waals surface area contributed by atoms with Crippen molar-refractivity contribution in [2.45, 2.75) is 57.5 Å². The molecule has 3 atom stereocenters. The predicted molar refractivity (Wildman–Crippen MR) is 49.6 cm³/mol. The van der Waals surface area contributed by atoms with Gasteiger partial charge in [-0.1, -0.05) is 19.8 Å². The first-order valence-corrected chi connectivity index (χ1v) is 5.24. The smallest absolute Gasteiger partial charge is 0.000457 e. The maximum absolute atomic E-state index is 11.7. The average Bonchev–Trinajstić information content (AvgIpc) is 2.12. The molecule has 70 valence electrons. The monoisotopic (exact) mass is 168 g/mol. The van der Waals surface area contributed by atoms with Crippen LogP contribution in [0.3, 0.4) is 0 Å². The van der Waals surface area contributed by atoms with E-state index in [2.05, 4.69) is 6.92 Å². The van der Waals surface area contributed by atoms with Crippen LogP contribution in [0.25, 0.3) is 0 Å². The number of fused-ring (bicyclic) bond motifs is 1. The van der Waals surface area contributed by atoms with Crippen molar-refractivity contribution in [3.63, 3.8) is 0 Å². The van der Waals surface area contributed by atoms with Gasteiger partial charge in [0.15, 0.2) is 0 Å². The molecule has 2 nitrogen and oxygen atoms in total. The van der Waals surface area contributed by atoms with Gasteiger partial charge in [0.25, 0.3) is 0 Å². The second kappa shape index (κ2) is 3.35. The van der Waals surface area contributed by atoms with E-state index < -0.39 is 0 Å². The highest BCUT2D eigenvalue weighted by molar-refractivity contribution is 4.90. The van der Waals surface area contributed by atoms with Crippen molar-refractivity contribution in [1.29, 1.82) is 0 Å². The summed E-state index contributed by atoms with van der Waals surface area (Å²) in [5.74, 6) is 0.729. The van der Waals surface area contributed by atoms with E-state index in [4.69, 9.17) is 0 Å². The van der Waals surface area contributed by atoms with Crippen LogP contribution in [0.2, 0.25) is 0 Å². The molecule has 0 aromatic carbocycles. The molecule has 3 unspecified atom stereocenters. The van der Waals surface area contributed by atoms with Gasteiger partial charge in [0.1, 0.15) is 0 Å². The lowest BCUT2D eigenvalue weighted by atomic mass is 9.78. The highest BCUT2D eigenvalue weighted by atomic mass is 16.5. The van der Waals surface area contributed by atoms with Gasteiger partial charge in [0.2, 0.25) is 0 Å². The topological polar surface area (TPSA) is 26.3 Å². The van der Waals surface area contributed by atoms with Gasteiger partial charge in [0, 0.05) is 6.04 Å². The molecule has 2 fully saturated rings. The molecule has 1 saturated carbocycles. The molecular formula is C10H18NO-. The molecule has 0 aromatic rings. The van der Waals surface area contributed by atoms with Gasteiger partial charge in [-0.2, -0.15) is 0 Å². The Morgan fingerprint density at radius 3 is 2.67 bits per heavy atom. The summed E-state index contributed by atoms with van der Waals surface area (Å²) in [5.41, 5.74) is 0. The Hall–Kier alpha value is -0.0800. The molecule has 0 radical (unpaired) electrons. The van der Waals surface area contributed by atoms with Crippen LogP contribution >= 0.6 is 0 Å². The first-order chi connectivity index (χ1) is 5.79. The largest absolute Gasteiger partial charge is 0.785 e. The van der Waals surface area contributed by atoms with Crippen LogP contribution < -0.4 is 0 Å². The zero-order valence-electron chi connectivity index (χ0n) is 7.83. The summed E-state index contributed by atoms with van der Waals surface area (Å²) in [6.45, 7) is 2.07. The Balaban J connectivity index is 2.03. The van der Waals surface area contributed by atoms with E-state index in [1.54, 1.807) is 0 Å². The Kier molecular flexibility index (Phi) is 2.37. The van der Waals surface area contributed by atoms with E-state index in [9.17, 15) is 5.21 Å². The molecule has 1 aliphatic carbocycles. The van der Waals surface area contributed by atoms with Crippen molar-refractivity contribution >= 4 is 0 Å². The lowest BCUT2D eigenvalue weighted by Gasteiger charge is -2.52. The van der Waals surface area contributed by atoms with Gasteiger partial charge >= 0.3 is 0 Å². The van der Waals surface area contributed by atoms with E-state index >= 15 is 0 Å². The van der Waals surface area contributed by atoms with Crippen molar-refractivity contribution in [3.8, 4) is 0 Å². The lowest BCUT2D eigenvalue weighted by Crippen LogP contribution is -2.47. The number of hydrogen-bond donors (Lipinski definition) is 0. The van der Waals surface area contributed by atoms with Crippen molar-refractivity contribution < 1.29 is 0 Å². The van der Waals surface area contributed by atoms with E-state index in [0.29, 0.717) is 6.04 Å². The molecule has 0 aromatic heterocycles. The quantitative estimate of drug-likeness (QED) is 0.555. The van der Waals surface area contributed by atoms with Crippen LogP contribution in [0.4, 0.5) is 0 Å². The van der Waals surface area contributed by atoms with Crippen LogP contribution in [-0.4, -0.2) is 17.1 Å². The normalized spacial score (nSPS) is 44.0. The molecule has 0 spiro atoms. The summed E-state index contributed by atoms with van der Waals surface area (Å²) in [7, 11) is 0. The third-order valence-corrected chi connectivity index (χ3v) is 3.59. The summed E-state index contributed by atoms with van der Waals surface area (Å²) in [6, 6.07) is 0.659. The number of hydrogen-bond acceptors (Lipinski definition) is 2. The SMILES string of the molecule is CC1CCC2CCCCC2N1[O-]. The summed E-state index contributed by atoms with van der Waals surface area (Å²) in [4.78, 5) is 0. The van der Waals surface area contributed by atoms with Gasteiger partial charge in [-0.3, -0.25) is 0 Å². The number of rotatable bonds is 0. The zero-order valence-corrected chi connectivity index (χ0v) is 7.83. The van der Waals surface area contributed by atoms with Gasteiger partial charge in [0.05, 0.1) is 0 Å². The van der Waals surface area contributed by atoms with Crippen LogP contribution in [-0.2, 0) is 0 Å². The average molecular weight is 168 g/mol. The Labute approximate surface area is 74.5 Å². The maximum Gasteiger partial charge on any atom is 0.000457 e. The van der Waals surface area contributed by atoms with E-state index in [-0.39, 0.29) is 6.04 Å². The van der Waals surface area contributed by atoms with Crippen molar-refractivity contribution in [3.05, 3.63) is 5.21 Å². The van der Waals surface area contributed by atoms with Gasteiger partial charge < -0.3 is 10.3 Å². The summed E-state index contributed by atoms with van der Waals surface area (Å²) in [5, 5.41) is 13.1. The van der Waals surface area contributed by atoms with E-state index in [1.807, 2.05) is 0 Å². The Bertz CT molecular complexity index is 158. The fourth-order valence-corrected chi connectivity index (χ4v) is 2.77. The van der Waals surface area contributed by atoms with Crippen molar-refractivity contribution in [2.75, 3.05) is 0 Å². The first-order valence-electron chi connectivity index (χ1n) is 5.24. The van der Waals surface area contributed by atoms with Crippen LogP contribution in [0.5, 0.6) is 0 Å². The Morgan fingerprint density at radius 1 is 1.08 bits per heavy atom. The molecule has 1 heterocycles. The predicted octanol–water partition coefficient (Wildman–Crippen LogP) is 2.53. The molecule has 2 heteroatoms. The third-order valence-electron chi connectivity index (χ3n) is 3.59. The van der Waals surface area contributed by atoms with Gasteiger partial charge in [-0.15, -0.1) is 0 Å². The molecule has 0 bridgehead atoms. The fourth-order valence-electron chi connectivity index (χ4n) is 2.77. The minimum Gasteiger partial charge on any atom is -0.785 e. The van der Waals surface area contributed by atoms with Crippen molar-refractivity contribution in [2.24, 2.45) is 5.92 Å².